The summed E-state index contributed by atoms with van der Waals surface area (Å²) in [7, 11) is 0. The lowest BCUT2D eigenvalue weighted by molar-refractivity contribution is 0.122. The van der Waals surface area contributed by atoms with Crippen LogP contribution in [0.15, 0.2) is 10.4 Å². The first kappa shape index (κ1) is 8.34. The number of nitrogens with zero attached hydrogens (tertiary/aromatic N) is 2. The molecule has 5 heteroatoms. The van der Waals surface area contributed by atoms with Gasteiger partial charge in [0.25, 0.3) is 0 Å². The van der Waals surface area contributed by atoms with Crippen LogP contribution < -0.4 is 4.90 Å². The van der Waals surface area contributed by atoms with Gasteiger partial charge in [-0.1, -0.05) is 11.3 Å². The molecular formula is C7H10N2OS2. The summed E-state index contributed by atoms with van der Waals surface area (Å²) in [6, 6.07) is 0. The number of morpholine rings is 1. The third-order valence-corrected chi connectivity index (χ3v) is 3.01. The van der Waals surface area contributed by atoms with Crippen LogP contribution in [0.4, 0.5) is 5.13 Å². The third-order valence-electron chi connectivity index (χ3n) is 1.76. The zero-order chi connectivity index (χ0) is 8.39. The van der Waals surface area contributed by atoms with Crippen molar-refractivity contribution in [1.82, 2.24) is 4.98 Å². The van der Waals surface area contributed by atoms with E-state index in [9.17, 15) is 0 Å². The molecule has 0 N–H and O–H groups in total. The average molecular weight is 202 g/mol. The Hall–Kier alpha value is -0.260. The maximum atomic E-state index is 5.24. The Morgan fingerprint density at radius 2 is 2.25 bits per heavy atom. The van der Waals surface area contributed by atoms with E-state index in [1.807, 2.05) is 0 Å². The topological polar surface area (TPSA) is 25.4 Å². The van der Waals surface area contributed by atoms with Gasteiger partial charge in [0, 0.05) is 13.1 Å². The summed E-state index contributed by atoms with van der Waals surface area (Å²) in [5.41, 5.74) is 0. The van der Waals surface area contributed by atoms with E-state index in [1.54, 1.807) is 17.5 Å². The smallest absolute Gasteiger partial charge is 0.186 e. The summed E-state index contributed by atoms with van der Waals surface area (Å²) in [5, 5.41) is 1.06. The molecule has 0 spiro atoms. The molecule has 1 saturated heterocycles. The number of thiazole rings is 1. The zero-order valence-corrected chi connectivity index (χ0v) is 8.27. The standard InChI is InChI=1S/C7H10N2OS2/c11-6-5-8-7(12-6)9-1-3-10-4-2-9/h5,11H,1-4H2. The monoisotopic (exact) mass is 202 g/mol. The van der Waals surface area contributed by atoms with E-state index in [2.05, 4.69) is 22.5 Å². The van der Waals surface area contributed by atoms with E-state index in [-0.39, 0.29) is 0 Å². The Morgan fingerprint density at radius 1 is 1.50 bits per heavy atom. The molecule has 0 amide bonds. The highest BCUT2D eigenvalue weighted by Crippen LogP contribution is 2.25. The van der Waals surface area contributed by atoms with Gasteiger partial charge in [0.1, 0.15) is 0 Å². The largest absolute Gasteiger partial charge is 0.378 e. The lowest BCUT2D eigenvalue weighted by Crippen LogP contribution is -2.36. The van der Waals surface area contributed by atoms with Crippen molar-refractivity contribution in [2.75, 3.05) is 31.2 Å². The number of thiol groups is 1. The van der Waals surface area contributed by atoms with Crippen LogP contribution in [0.2, 0.25) is 0 Å². The normalized spacial score (nSPS) is 18.2. The molecule has 0 atom stereocenters. The quantitative estimate of drug-likeness (QED) is 0.694. The predicted octanol–water partition coefficient (Wildman–Crippen LogP) is 1.27. The van der Waals surface area contributed by atoms with E-state index < -0.39 is 0 Å². The fourth-order valence-electron chi connectivity index (χ4n) is 1.16. The van der Waals surface area contributed by atoms with E-state index in [4.69, 9.17) is 4.74 Å². The Kier molecular flexibility index (Phi) is 2.53. The second-order valence-corrected chi connectivity index (χ2v) is 4.37. The van der Waals surface area contributed by atoms with Crippen LogP contribution in [0.25, 0.3) is 0 Å². The van der Waals surface area contributed by atoms with Gasteiger partial charge in [-0.3, -0.25) is 0 Å². The fourth-order valence-corrected chi connectivity index (χ4v) is 2.17. The van der Waals surface area contributed by atoms with Crippen LogP contribution in [0.1, 0.15) is 0 Å². The highest BCUT2D eigenvalue weighted by molar-refractivity contribution is 7.83. The minimum atomic E-state index is 0.807. The molecule has 2 heterocycles. The molecule has 0 unspecified atom stereocenters. The van der Waals surface area contributed by atoms with Gasteiger partial charge in [-0.2, -0.15) is 0 Å². The number of hydrogen-bond donors (Lipinski definition) is 1. The van der Waals surface area contributed by atoms with Crippen LogP contribution >= 0.6 is 24.0 Å². The lowest BCUT2D eigenvalue weighted by Gasteiger charge is -2.25. The van der Waals surface area contributed by atoms with E-state index in [1.165, 1.54) is 0 Å². The van der Waals surface area contributed by atoms with Gasteiger partial charge in [0.05, 0.1) is 23.6 Å². The van der Waals surface area contributed by atoms with Crippen molar-refractivity contribution in [3.05, 3.63) is 6.20 Å². The number of hydrogen-bond acceptors (Lipinski definition) is 5. The molecule has 1 fully saturated rings. The third kappa shape index (κ3) is 1.73. The number of ether oxygens (including phenoxy) is 1. The minimum absolute atomic E-state index is 0.807. The summed E-state index contributed by atoms with van der Waals surface area (Å²) in [6.45, 7) is 3.50. The predicted molar refractivity (Wildman–Crippen MR) is 52.4 cm³/mol. The molecule has 1 aromatic heterocycles. The summed E-state index contributed by atoms with van der Waals surface area (Å²) in [5.74, 6) is 0. The Morgan fingerprint density at radius 3 is 2.83 bits per heavy atom. The van der Waals surface area contributed by atoms with Crippen LogP contribution in [0.3, 0.4) is 0 Å². The highest BCUT2D eigenvalue weighted by Gasteiger charge is 2.13. The molecule has 1 aliphatic rings. The molecule has 2 rings (SSSR count). The van der Waals surface area contributed by atoms with Crippen LogP contribution in [0, 0.1) is 0 Å². The fraction of sp³-hybridized carbons (Fsp3) is 0.571. The van der Waals surface area contributed by atoms with Crippen molar-refractivity contribution in [2.45, 2.75) is 4.21 Å². The van der Waals surface area contributed by atoms with Crippen LogP contribution in [0.5, 0.6) is 0 Å². The zero-order valence-electron chi connectivity index (χ0n) is 6.56. The second kappa shape index (κ2) is 3.64. The number of anilines is 1. The van der Waals surface area contributed by atoms with Crippen molar-refractivity contribution in [3.8, 4) is 0 Å². The first-order valence-corrected chi connectivity index (χ1v) is 5.10. The Labute approximate surface area is 80.8 Å². The van der Waals surface area contributed by atoms with Gasteiger partial charge < -0.3 is 9.64 Å². The number of rotatable bonds is 1. The number of aromatic nitrogens is 1. The summed E-state index contributed by atoms with van der Waals surface area (Å²) in [6.07, 6.45) is 1.79. The van der Waals surface area contributed by atoms with E-state index in [0.717, 1.165) is 35.6 Å². The first-order valence-electron chi connectivity index (χ1n) is 3.84. The second-order valence-electron chi connectivity index (χ2n) is 2.58. The average Bonchev–Trinajstić information content (AvgIpc) is 2.54. The van der Waals surface area contributed by atoms with Crippen LogP contribution in [-0.2, 0) is 4.74 Å². The van der Waals surface area contributed by atoms with Crippen LogP contribution in [-0.4, -0.2) is 31.3 Å². The molecule has 0 saturated carbocycles. The van der Waals surface area contributed by atoms with E-state index in [0.29, 0.717) is 0 Å². The molecule has 1 aromatic rings. The van der Waals surface area contributed by atoms with Gasteiger partial charge >= 0.3 is 0 Å². The SMILES string of the molecule is Sc1cnc(N2CCOCC2)s1. The van der Waals surface area contributed by atoms with Crippen molar-refractivity contribution < 1.29 is 4.74 Å². The van der Waals surface area contributed by atoms with Gasteiger partial charge in [-0.25, -0.2) is 4.98 Å². The molecule has 12 heavy (non-hydrogen) atoms. The van der Waals surface area contributed by atoms with Gasteiger partial charge in [0.15, 0.2) is 5.13 Å². The van der Waals surface area contributed by atoms with Gasteiger partial charge in [-0.05, 0) is 0 Å². The molecule has 3 nitrogen and oxygen atoms in total. The van der Waals surface area contributed by atoms with E-state index >= 15 is 0 Å². The summed E-state index contributed by atoms with van der Waals surface area (Å²) in [4.78, 5) is 6.48. The Balaban J connectivity index is 2.08. The highest BCUT2D eigenvalue weighted by atomic mass is 32.2. The maximum Gasteiger partial charge on any atom is 0.186 e. The summed E-state index contributed by atoms with van der Waals surface area (Å²) >= 11 is 5.84. The van der Waals surface area contributed by atoms with Gasteiger partial charge in [0.2, 0.25) is 0 Å². The van der Waals surface area contributed by atoms with Crippen molar-refractivity contribution in [1.29, 1.82) is 0 Å². The Bertz CT molecular complexity index is 258. The van der Waals surface area contributed by atoms with Crippen molar-refractivity contribution in [2.24, 2.45) is 0 Å². The molecule has 0 radical (unpaired) electrons. The first-order chi connectivity index (χ1) is 5.86. The molecule has 1 aliphatic heterocycles. The molecule has 0 aromatic carbocycles. The lowest BCUT2D eigenvalue weighted by atomic mass is 10.5. The van der Waals surface area contributed by atoms with Crippen molar-refractivity contribution >= 4 is 29.1 Å². The molecule has 0 bridgehead atoms. The van der Waals surface area contributed by atoms with Gasteiger partial charge in [-0.15, -0.1) is 12.6 Å². The van der Waals surface area contributed by atoms with Crippen molar-refractivity contribution in [3.63, 3.8) is 0 Å². The summed E-state index contributed by atoms with van der Waals surface area (Å²) < 4.78 is 6.21. The molecule has 0 aliphatic carbocycles. The minimum Gasteiger partial charge on any atom is -0.378 e. The molecular weight excluding hydrogens is 192 g/mol. The molecule has 66 valence electrons. The maximum absolute atomic E-state index is 5.24.